The summed E-state index contributed by atoms with van der Waals surface area (Å²) < 4.78 is 10.8. The Hall–Kier alpha value is -2.53. The number of rotatable bonds is 6. The van der Waals surface area contributed by atoms with Crippen LogP contribution in [0.25, 0.3) is 0 Å². The Morgan fingerprint density at radius 3 is 2.43 bits per heavy atom. The van der Waals surface area contributed by atoms with Crippen LogP contribution in [0.5, 0.6) is 11.5 Å². The molecule has 2 rings (SSSR count). The third-order valence-electron chi connectivity index (χ3n) is 3.00. The summed E-state index contributed by atoms with van der Waals surface area (Å²) in [5, 5.41) is 0. The van der Waals surface area contributed by atoms with E-state index in [9.17, 15) is 4.79 Å². The highest BCUT2D eigenvalue weighted by atomic mass is 16.5. The molecule has 0 aliphatic heterocycles. The zero-order valence-electron chi connectivity index (χ0n) is 11.8. The molecule has 21 heavy (non-hydrogen) atoms. The summed E-state index contributed by atoms with van der Waals surface area (Å²) in [5.74, 6) is 6.35. The van der Waals surface area contributed by atoms with Gasteiger partial charge in [-0.05, 0) is 23.3 Å². The molecule has 2 aromatic carbocycles. The molecule has 1 amide bonds. The van der Waals surface area contributed by atoms with Crippen molar-refractivity contribution in [3.05, 3.63) is 59.7 Å². The molecule has 0 heterocycles. The maximum atomic E-state index is 11.2. The lowest BCUT2D eigenvalue weighted by atomic mass is 10.1. The number of hydrogen-bond acceptors (Lipinski definition) is 4. The molecule has 0 aliphatic rings. The van der Waals surface area contributed by atoms with Gasteiger partial charge in [0, 0.05) is 6.07 Å². The number of benzene rings is 2. The minimum Gasteiger partial charge on any atom is -0.497 e. The predicted molar refractivity (Wildman–Crippen MR) is 79.8 cm³/mol. The average Bonchev–Trinajstić information content (AvgIpc) is 2.54. The lowest BCUT2D eigenvalue weighted by Crippen LogP contribution is -2.31. The van der Waals surface area contributed by atoms with E-state index in [1.807, 2.05) is 48.5 Å². The second-order valence-corrected chi connectivity index (χ2v) is 4.53. The molecule has 5 heteroatoms. The fourth-order valence-electron chi connectivity index (χ4n) is 1.85. The van der Waals surface area contributed by atoms with Crippen molar-refractivity contribution in [3.63, 3.8) is 0 Å². The van der Waals surface area contributed by atoms with E-state index in [0.717, 1.165) is 22.6 Å². The van der Waals surface area contributed by atoms with Crippen molar-refractivity contribution >= 4 is 5.91 Å². The fraction of sp³-hybridized carbons (Fsp3) is 0.188. The first kappa shape index (κ1) is 14.9. The van der Waals surface area contributed by atoms with Crippen LogP contribution in [0, 0.1) is 0 Å². The highest BCUT2D eigenvalue weighted by Gasteiger charge is 2.02. The van der Waals surface area contributed by atoms with Gasteiger partial charge in [-0.15, -0.1) is 0 Å². The number of methoxy groups -OCH3 is 1. The van der Waals surface area contributed by atoms with Crippen molar-refractivity contribution in [2.24, 2.45) is 5.84 Å². The van der Waals surface area contributed by atoms with Gasteiger partial charge >= 0.3 is 0 Å². The second-order valence-electron chi connectivity index (χ2n) is 4.53. The molecular weight excluding hydrogens is 268 g/mol. The Balaban J connectivity index is 1.92. The molecule has 0 saturated heterocycles. The zero-order valence-corrected chi connectivity index (χ0v) is 11.8. The lowest BCUT2D eigenvalue weighted by molar-refractivity contribution is -0.120. The summed E-state index contributed by atoms with van der Waals surface area (Å²) in [4.78, 5) is 11.2. The van der Waals surface area contributed by atoms with Gasteiger partial charge in [-0.3, -0.25) is 10.2 Å². The molecule has 5 nitrogen and oxygen atoms in total. The van der Waals surface area contributed by atoms with Crippen molar-refractivity contribution in [2.75, 3.05) is 7.11 Å². The van der Waals surface area contributed by atoms with E-state index in [2.05, 4.69) is 5.43 Å². The fourth-order valence-corrected chi connectivity index (χ4v) is 1.85. The Morgan fingerprint density at radius 2 is 1.76 bits per heavy atom. The van der Waals surface area contributed by atoms with Gasteiger partial charge in [-0.1, -0.05) is 30.3 Å². The van der Waals surface area contributed by atoms with Gasteiger partial charge in [0.2, 0.25) is 5.91 Å². The summed E-state index contributed by atoms with van der Waals surface area (Å²) in [7, 11) is 1.62. The quantitative estimate of drug-likeness (QED) is 0.482. The van der Waals surface area contributed by atoms with E-state index in [1.54, 1.807) is 7.11 Å². The van der Waals surface area contributed by atoms with Gasteiger partial charge in [0.1, 0.15) is 18.1 Å². The molecule has 0 fully saturated rings. The maximum Gasteiger partial charge on any atom is 0.238 e. The van der Waals surface area contributed by atoms with Gasteiger partial charge in [0.05, 0.1) is 13.5 Å². The van der Waals surface area contributed by atoms with Crippen molar-refractivity contribution in [1.82, 2.24) is 5.43 Å². The Bertz CT molecular complexity index is 597. The smallest absolute Gasteiger partial charge is 0.238 e. The number of ether oxygens (including phenoxy) is 2. The van der Waals surface area contributed by atoms with Gasteiger partial charge in [0.25, 0.3) is 0 Å². The summed E-state index contributed by atoms with van der Waals surface area (Å²) in [6.45, 7) is 0.455. The predicted octanol–water partition coefficient (Wildman–Crippen LogP) is 1.81. The molecule has 0 radical (unpaired) electrons. The standard InChI is InChI=1S/C16H18N2O3/c1-20-14-3-2-4-15(10-14)21-11-13-7-5-12(6-8-13)9-16(19)18-17/h2-8,10H,9,11,17H2,1H3,(H,18,19). The van der Waals surface area contributed by atoms with Gasteiger partial charge < -0.3 is 9.47 Å². The van der Waals surface area contributed by atoms with Gasteiger partial charge in [-0.2, -0.15) is 0 Å². The number of hydrogen-bond donors (Lipinski definition) is 2. The molecule has 3 N–H and O–H groups in total. The van der Waals surface area contributed by atoms with Crippen LogP contribution in [0.3, 0.4) is 0 Å². The molecule has 0 aliphatic carbocycles. The van der Waals surface area contributed by atoms with E-state index >= 15 is 0 Å². The molecule has 0 saturated carbocycles. The van der Waals surface area contributed by atoms with Crippen LogP contribution in [0.4, 0.5) is 0 Å². The van der Waals surface area contributed by atoms with Crippen LogP contribution in [0.15, 0.2) is 48.5 Å². The van der Waals surface area contributed by atoms with Crippen molar-refractivity contribution < 1.29 is 14.3 Å². The number of carbonyl (C=O) groups is 1. The number of hydrazine groups is 1. The minimum absolute atomic E-state index is 0.213. The Kier molecular flexibility index (Phi) is 5.17. The van der Waals surface area contributed by atoms with Gasteiger partial charge in [-0.25, -0.2) is 5.84 Å². The van der Waals surface area contributed by atoms with Crippen LogP contribution in [-0.2, 0) is 17.8 Å². The molecule has 2 aromatic rings. The van der Waals surface area contributed by atoms with Crippen LogP contribution in [-0.4, -0.2) is 13.0 Å². The summed E-state index contributed by atoms with van der Waals surface area (Å²) >= 11 is 0. The summed E-state index contributed by atoms with van der Waals surface area (Å²) in [5.41, 5.74) is 4.04. The lowest BCUT2D eigenvalue weighted by Gasteiger charge is -2.08. The highest BCUT2D eigenvalue weighted by molar-refractivity contribution is 5.77. The molecule has 0 spiro atoms. The first-order valence-electron chi connectivity index (χ1n) is 6.55. The number of carbonyl (C=O) groups excluding carboxylic acids is 1. The van der Waals surface area contributed by atoms with E-state index in [0.29, 0.717) is 6.61 Å². The molecular formula is C16H18N2O3. The molecule has 0 atom stereocenters. The van der Waals surface area contributed by atoms with E-state index in [-0.39, 0.29) is 12.3 Å². The topological polar surface area (TPSA) is 73.6 Å². The number of nitrogens with two attached hydrogens (primary N) is 1. The SMILES string of the molecule is COc1cccc(OCc2ccc(CC(=O)NN)cc2)c1. The molecule has 0 unspecified atom stereocenters. The Morgan fingerprint density at radius 1 is 1.10 bits per heavy atom. The van der Waals surface area contributed by atoms with Crippen LogP contribution in [0.1, 0.15) is 11.1 Å². The van der Waals surface area contributed by atoms with Crippen LogP contribution >= 0.6 is 0 Å². The normalized spacial score (nSPS) is 10.0. The third kappa shape index (κ3) is 4.50. The zero-order chi connectivity index (χ0) is 15.1. The third-order valence-corrected chi connectivity index (χ3v) is 3.00. The number of amides is 1. The molecule has 0 bridgehead atoms. The maximum absolute atomic E-state index is 11.2. The summed E-state index contributed by atoms with van der Waals surface area (Å²) in [6.07, 6.45) is 0.271. The van der Waals surface area contributed by atoms with Crippen molar-refractivity contribution in [1.29, 1.82) is 0 Å². The first-order chi connectivity index (χ1) is 10.2. The molecule has 110 valence electrons. The second kappa shape index (κ2) is 7.31. The van der Waals surface area contributed by atoms with E-state index in [1.165, 1.54) is 0 Å². The summed E-state index contributed by atoms with van der Waals surface area (Å²) in [6, 6.07) is 15.1. The van der Waals surface area contributed by atoms with Crippen LogP contribution < -0.4 is 20.7 Å². The number of nitrogens with one attached hydrogen (secondary N) is 1. The van der Waals surface area contributed by atoms with Crippen LogP contribution in [0.2, 0.25) is 0 Å². The van der Waals surface area contributed by atoms with E-state index < -0.39 is 0 Å². The minimum atomic E-state index is -0.213. The van der Waals surface area contributed by atoms with Crippen molar-refractivity contribution in [3.8, 4) is 11.5 Å². The average molecular weight is 286 g/mol. The van der Waals surface area contributed by atoms with Gasteiger partial charge in [0.15, 0.2) is 0 Å². The largest absolute Gasteiger partial charge is 0.497 e. The highest BCUT2D eigenvalue weighted by Crippen LogP contribution is 2.20. The monoisotopic (exact) mass is 286 g/mol. The van der Waals surface area contributed by atoms with E-state index in [4.69, 9.17) is 15.3 Å². The molecule has 0 aromatic heterocycles. The Labute approximate surface area is 123 Å². The van der Waals surface area contributed by atoms with Crippen molar-refractivity contribution in [2.45, 2.75) is 13.0 Å². The first-order valence-corrected chi connectivity index (χ1v) is 6.55.